The molecule has 9 nitrogen and oxygen atoms in total. The van der Waals surface area contributed by atoms with Crippen LogP contribution in [-0.2, 0) is 11.3 Å². The Balaban J connectivity index is 1.69. The Kier molecular flexibility index (Phi) is 7.08. The van der Waals surface area contributed by atoms with Crippen molar-refractivity contribution in [1.29, 1.82) is 0 Å². The van der Waals surface area contributed by atoms with Crippen LogP contribution in [0.15, 0.2) is 36.4 Å². The molecule has 166 valence electrons. The number of nitrogens with zero attached hydrogens (tertiary/aromatic N) is 2. The molecule has 2 N–H and O–H groups in total. The zero-order valence-corrected chi connectivity index (χ0v) is 17.8. The third kappa shape index (κ3) is 4.94. The van der Waals surface area contributed by atoms with Crippen molar-refractivity contribution in [2.45, 2.75) is 0 Å². The zero-order chi connectivity index (χ0) is 22.5. The minimum absolute atomic E-state index is 0.00488. The van der Waals surface area contributed by atoms with Gasteiger partial charge in [0.2, 0.25) is 0 Å². The standard InChI is InChI=1S/C20H22FN3O6S/c1-29-16-5-3-4-15(18(16)21)20(26)24-10-8-23(9-11-24)19(25)14-7-6-13(22-31(27)28)12-17(14)30-2/h3-7,12,22H,8-11H2,1-2H3,(H,27,28). The van der Waals surface area contributed by atoms with E-state index >= 15 is 0 Å². The molecule has 31 heavy (non-hydrogen) atoms. The predicted octanol–water partition coefficient (Wildman–Crippen LogP) is 1.99. The first-order chi connectivity index (χ1) is 14.8. The first kappa shape index (κ1) is 22.5. The van der Waals surface area contributed by atoms with Crippen molar-refractivity contribution in [3.8, 4) is 11.5 Å². The number of amides is 2. The molecule has 11 heteroatoms. The highest BCUT2D eigenvalue weighted by atomic mass is 32.2. The summed E-state index contributed by atoms with van der Waals surface area (Å²) in [5, 5.41) is 0. The second kappa shape index (κ2) is 9.75. The first-order valence-electron chi connectivity index (χ1n) is 9.32. The van der Waals surface area contributed by atoms with E-state index < -0.39 is 23.0 Å². The van der Waals surface area contributed by atoms with E-state index in [0.717, 1.165) is 0 Å². The van der Waals surface area contributed by atoms with Crippen LogP contribution >= 0.6 is 0 Å². The fraction of sp³-hybridized carbons (Fsp3) is 0.300. The SMILES string of the molecule is COc1cc(NS(=O)O)ccc1C(=O)N1CCN(C(=O)c2cccc(OC)c2F)CC1. The lowest BCUT2D eigenvalue weighted by Gasteiger charge is -2.35. The summed E-state index contributed by atoms with van der Waals surface area (Å²) in [5.41, 5.74) is 0.533. The summed E-state index contributed by atoms with van der Waals surface area (Å²) >= 11 is -2.25. The number of carbonyl (C=O) groups is 2. The molecule has 0 aliphatic carbocycles. The Labute approximate surface area is 181 Å². The second-order valence-corrected chi connectivity index (χ2v) is 7.37. The van der Waals surface area contributed by atoms with E-state index in [1.807, 2.05) is 0 Å². The van der Waals surface area contributed by atoms with Gasteiger partial charge in [-0.3, -0.25) is 18.9 Å². The van der Waals surface area contributed by atoms with Gasteiger partial charge in [-0.2, -0.15) is 0 Å². The normalized spacial score (nSPS) is 14.7. The van der Waals surface area contributed by atoms with Gasteiger partial charge in [-0.25, -0.2) is 8.60 Å². The van der Waals surface area contributed by atoms with Crippen molar-refractivity contribution in [3.05, 3.63) is 53.3 Å². The van der Waals surface area contributed by atoms with Crippen LogP contribution in [-0.4, -0.2) is 70.8 Å². The van der Waals surface area contributed by atoms with Crippen molar-refractivity contribution in [2.75, 3.05) is 45.1 Å². The molecular weight excluding hydrogens is 429 g/mol. The van der Waals surface area contributed by atoms with Crippen LogP contribution in [0.1, 0.15) is 20.7 Å². The summed E-state index contributed by atoms with van der Waals surface area (Å²) in [4.78, 5) is 28.7. The number of piperazine rings is 1. The van der Waals surface area contributed by atoms with E-state index in [2.05, 4.69) is 4.72 Å². The number of hydrogen-bond acceptors (Lipinski definition) is 5. The quantitative estimate of drug-likeness (QED) is 0.651. The number of rotatable bonds is 6. The van der Waals surface area contributed by atoms with E-state index in [0.29, 0.717) is 5.69 Å². The number of halogens is 1. The van der Waals surface area contributed by atoms with Crippen LogP contribution in [0.4, 0.5) is 10.1 Å². The van der Waals surface area contributed by atoms with Crippen LogP contribution in [0.2, 0.25) is 0 Å². The number of hydrogen-bond donors (Lipinski definition) is 2. The Morgan fingerprint density at radius 2 is 1.55 bits per heavy atom. The highest BCUT2D eigenvalue weighted by Gasteiger charge is 2.28. The molecular formula is C20H22FN3O6S. The van der Waals surface area contributed by atoms with E-state index in [-0.39, 0.29) is 54.7 Å². The summed E-state index contributed by atoms with van der Waals surface area (Å²) in [7, 11) is 2.72. The summed E-state index contributed by atoms with van der Waals surface area (Å²) in [6, 6.07) is 8.83. The van der Waals surface area contributed by atoms with Crippen molar-refractivity contribution in [3.63, 3.8) is 0 Å². The van der Waals surface area contributed by atoms with Gasteiger partial charge in [-0.1, -0.05) is 6.07 Å². The fourth-order valence-electron chi connectivity index (χ4n) is 3.32. The van der Waals surface area contributed by atoms with Gasteiger partial charge in [-0.05, 0) is 24.3 Å². The topological polar surface area (TPSA) is 108 Å². The van der Waals surface area contributed by atoms with Crippen LogP contribution in [0.25, 0.3) is 0 Å². The Morgan fingerprint density at radius 1 is 0.968 bits per heavy atom. The number of benzene rings is 2. The van der Waals surface area contributed by atoms with Gasteiger partial charge in [0, 0.05) is 32.2 Å². The monoisotopic (exact) mass is 451 g/mol. The van der Waals surface area contributed by atoms with Crippen molar-refractivity contribution >= 4 is 28.8 Å². The molecule has 0 aromatic heterocycles. The van der Waals surface area contributed by atoms with E-state index in [1.165, 1.54) is 49.5 Å². The van der Waals surface area contributed by atoms with Crippen LogP contribution in [0, 0.1) is 5.82 Å². The molecule has 1 aliphatic rings. The van der Waals surface area contributed by atoms with Gasteiger partial charge >= 0.3 is 0 Å². The lowest BCUT2D eigenvalue weighted by molar-refractivity contribution is 0.0530. The molecule has 2 amide bonds. The molecule has 0 radical (unpaired) electrons. The first-order valence-corrected chi connectivity index (χ1v) is 10.4. The Hall–Kier alpha value is -3.18. The minimum atomic E-state index is -2.25. The van der Waals surface area contributed by atoms with Crippen LogP contribution in [0.3, 0.4) is 0 Å². The molecule has 1 saturated heterocycles. The zero-order valence-electron chi connectivity index (χ0n) is 17.0. The molecule has 1 heterocycles. The lowest BCUT2D eigenvalue weighted by atomic mass is 10.1. The Morgan fingerprint density at radius 3 is 2.10 bits per heavy atom. The molecule has 1 atom stereocenters. The molecule has 2 aromatic rings. The smallest absolute Gasteiger partial charge is 0.259 e. The molecule has 0 bridgehead atoms. The van der Waals surface area contributed by atoms with Gasteiger partial charge in [-0.15, -0.1) is 0 Å². The highest BCUT2D eigenvalue weighted by molar-refractivity contribution is 7.80. The fourth-order valence-corrected chi connectivity index (χ4v) is 3.65. The summed E-state index contributed by atoms with van der Waals surface area (Å²) in [6.07, 6.45) is 0. The molecule has 0 saturated carbocycles. The number of nitrogens with one attached hydrogen (secondary N) is 1. The largest absolute Gasteiger partial charge is 0.496 e. The Bertz CT molecular complexity index is 1010. The maximum absolute atomic E-state index is 14.4. The van der Waals surface area contributed by atoms with Gasteiger partial charge in [0.15, 0.2) is 11.6 Å². The van der Waals surface area contributed by atoms with E-state index in [9.17, 15) is 18.2 Å². The number of methoxy groups -OCH3 is 2. The van der Waals surface area contributed by atoms with Gasteiger partial charge in [0.1, 0.15) is 5.75 Å². The average Bonchev–Trinajstić information content (AvgIpc) is 2.78. The number of carbonyl (C=O) groups excluding carboxylic acids is 2. The predicted molar refractivity (Wildman–Crippen MR) is 112 cm³/mol. The minimum Gasteiger partial charge on any atom is -0.496 e. The van der Waals surface area contributed by atoms with E-state index in [1.54, 1.807) is 11.0 Å². The maximum Gasteiger partial charge on any atom is 0.259 e. The second-order valence-electron chi connectivity index (χ2n) is 6.67. The average molecular weight is 451 g/mol. The lowest BCUT2D eigenvalue weighted by Crippen LogP contribution is -2.50. The molecule has 0 spiro atoms. The summed E-state index contributed by atoms with van der Waals surface area (Å²) in [5.74, 6) is -1.23. The van der Waals surface area contributed by atoms with Crippen LogP contribution in [0.5, 0.6) is 11.5 Å². The van der Waals surface area contributed by atoms with Crippen molar-refractivity contribution in [1.82, 2.24) is 9.80 Å². The number of ether oxygens (including phenoxy) is 2. The molecule has 1 unspecified atom stereocenters. The van der Waals surface area contributed by atoms with Gasteiger partial charge in [0.25, 0.3) is 23.1 Å². The van der Waals surface area contributed by atoms with Crippen LogP contribution < -0.4 is 14.2 Å². The molecule has 2 aromatic carbocycles. The molecule has 3 rings (SSSR count). The summed E-state index contributed by atoms with van der Waals surface area (Å²) in [6.45, 7) is 1.01. The summed E-state index contributed by atoms with van der Waals surface area (Å²) < 4.78 is 46.7. The molecule has 1 aliphatic heterocycles. The van der Waals surface area contributed by atoms with Crippen molar-refractivity contribution < 1.29 is 32.2 Å². The third-order valence-electron chi connectivity index (χ3n) is 4.90. The third-order valence-corrected chi connectivity index (χ3v) is 5.32. The maximum atomic E-state index is 14.4. The highest BCUT2D eigenvalue weighted by Crippen LogP contribution is 2.26. The van der Waals surface area contributed by atoms with Crippen molar-refractivity contribution in [2.24, 2.45) is 0 Å². The van der Waals surface area contributed by atoms with Gasteiger partial charge < -0.3 is 19.3 Å². The number of anilines is 1. The molecule has 1 fully saturated rings. The van der Waals surface area contributed by atoms with E-state index in [4.69, 9.17) is 14.0 Å². The van der Waals surface area contributed by atoms with Gasteiger partial charge in [0.05, 0.1) is 31.0 Å².